The SMILES string of the molecule is Cc1ccc(C)c(Oc2c(C(F)(F)F)oc3cc(OC(=O)C=Cc4ccccc4)ccc3c2=O)c1. The number of hydrogen-bond donors (Lipinski definition) is 0. The van der Waals surface area contributed by atoms with Gasteiger partial charge >= 0.3 is 12.1 Å². The molecule has 35 heavy (non-hydrogen) atoms. The summed E-state index contributed by atoms with van der Waals surface area (Å²) in [6.07, 6.45) is -2.30. The van der Waals surface area contributed by atoms with Crippen LogP contribution < -0.4 is 14.9 Å². The lowest BCUT2D eigenvalue weighted by molar-refractivity contribution is -0.154. The first-order valence-corrected chi connectivity index (χ1v) is 10.5. The maximum absolute atomic E-state index is 13.8. The van der Waals surface area contributed by atoms with Crippen LogP contribution in [0.5, 0.6) is 17.2 Å². The van der Waals surface area contributed by atoms with Gasteiger partial charge in [0.15, 0.2) is 0 Å². The smallest absolute Gasteiger partial charge is 0.449 e. The fourth-order valence-corrected chi connectivity index (χ4v) is 3.31. The van der Waals surface area contributed by atoms with Crippen molar-refractivity contribution in [3.8, 4) is 17.2 Å². The summed E-state index contributed by atoms with van der Waals surface area (Å²) in [5.41, 5.74) is 0.667. The molecule has 0 saturated carbocycles. The number of alkyl halides is 3. The Balaban J connectivity index is 1.70. The summed E-state index contributed by atoms with van der Waals surface area (Å²) in [6, 6.07) is 17.5. The Morgan fingerprint density at radius 1 is 0.971 bits per heavy atom. The van der Waals surface area contributed by atoms with Gasteiger partial charge in [-0.25, -0.2) is 4.79 Å². The normalized spacial score (nSPS) is 11.7. The van der Waals surface area contributed by atoms with E-state index in [-0.39, 0.29) is 16.9 Å². The Hall–Kier alpha value is -4.33. The minimum Gasteiger partial charge on any atom is -0.449 e. The predicted octanol–water partition coefficient (Wildman–Crippen LogP) is 6.84. The Morgan fingerprint density at radius 2 is 1.71 bits per heavy atom. The molecule has 1 heterocycles. The highest BCUT2D eigenvalue weighted by molar-refractivity contribution is 5.89. The number of carbonyl (C=O) groups excluding carboxylic acids is 1. The molecular formula is C27H19F3O5. The lowest BCUT2D eigenvalue weighted by Gasteiger charge is -2.15. The zero-order chi connectivity index (χ0) is 25.2. The van der Waals surface area contributed by atoms with Crippen LogP contribution in [-0.2, 0) is 11.0 Å². The maximum Gasteiger partial charge on any atom is 0.453 e. The second kappa shape index (κ2) is 9.50. The number of hydrogen-bond acceptors (Lipinski definition) is 5. The van der Waals surface area contributed by atoms with Crippen LogP contribution in [0.2, 0.25) is 0 Å². The molecule has 0 aliphatic heterocycles. The average Bonchev–Trinajstić information content (AvgIpc) is 2.81. The van der Waals surface area contributed by atoms with Crippen molar-refractivity contribution in [1.29, 1.82) is 0 Å². The molecule has 8 heteroatoms. The van der Waals surface area contributed by atoms with Gasteiger partial charge in [0.2, 0.25) is 11.2 Å². The van der Waals surface area contributed by atoms with Gasteiger partial charge in [-0.1, -0.05) is 42.5 Å². The van der Waals surface area contributed by atoms with Crippen LogP contribution >= 0.6 is 0 Å². The van der Waals surface area contributed by atoms with Crippen LogP contribution in [0.15, 0.2) is 82.0 Å². The van der Waals surface area contributed by atoms with E-state index in [0.717, 1.165) is 17.2 Å². The molecule has 0 unspecified atom stereocenters. The second-order valence-corrected chi connectivity index (χ2v) is 7.78. The third-order valence-electron chi connectivity index (χ3n) is 5.07. The van der Waals surface area contributed by atoms with Gasteiger partial charge in [-0.15, -0.1) is 0 Å². The average molecular weight is 480 g/mol. The molecule has 0 bridgehead atoms. The molecule has 0 N–H and O–H groups in total. The van der Waals surface area contributed by atoms with Gasteiger partial charge in [0.05, 0.1) is 5.39 Å². The summed E-state index contributed by atoms with van der Waals surface area (Å²) in [5, 5.41) is -0.155. The maximum atomic E-state index is 13.8. The third kappa shape index (κ3) is 5.43. The molecule has 0 saturated heterocycles. The van der Waals surface area contributed by atoms with Crippen molar-refractivity contribution in [2.75, 3.05) is 0 Å². The number of carbonyl (C=O) groups is 1. The van der Waals surface area contributed by atoms with Gasteiger partial charge in [0.1, 0.15) is 17.1 Å². The minimum atomic E-state index is -5.01. The number of ether oxygens (including phenoxy) is 2. The van der Waals surface area contributed by atoms with Crippen LogP contribution in [0.25, 0.3) is 17.0 Å². The van der Waals surface area contributed by atoms with Gasteiger partial charge in [0.25, 0.3) is 5.76 Å². The second-order valence-electron chi connectivity index (χ2n) is 7.78. The number of rotatable bonds is 5. The molecule has 0 fully saturated rings. The zero-order valence-corrected chi connectivity index (χ0v) is 18.7. The Labute approximate surface area is 198 Å². The lowest BCUT2D eigenvalue weighted by atomic mass is 10.1. The number of esters is 1. The summed E-state index contributed by atoms with van der Waals surface area (Å²) in [5.74, 6) is -3.27. The molecule has 1 aromatic heterocycles. The quantitative estimate of drug-likeness (QED) is 0.178. The molecule has 0 amide bonds. The van der Waals surface area contributed by atoms with Gasteiger partial charge in [-0.3, -0.25) is 4.79 Å². The number of aryl methyl sites for hydroxylation is 2. The fraction of sp³-hybridized carbons (Fsp3) is 0.111. The van der Waals surface area contributed by atoms with E-state index in [1.54, 1.807) is 50.2 Å². The Kier molecular flexibility index (Phi) is 6.46. The van der Waals surface area contributed by atoms with Crippen LogP contribution in [0.1, 0.15) is 22.5 Å². The molecule has 0 aliphatic rings. The topological polar surface area (TPSA) is 65.7 Å². The molecule has 0 atom stereocenters. The molecule has 4 rings (SSSR count). The summed E-state index contributed by atoms with van der Waals surface area (Å²) in [4.78, 5) is 25.1. The monoisotopic (exact) mass is 480 g/mol. The van der Waals surface area contributed by atoms with Crippen molar-refractivity contribution in [2.45, 2.75) is 20.0 Å². The van der Waals surface area contributed by atoms with E-state index in [1.165, 1.54) is 30.4 Å². The number of fused-ring (bicyclic) bond motifs is 1. The van der Waals surface area contributed by atoms with E-state index in [2.05, 4.69) is 0 Å². The first kappa shape index (κ1) is 23.8. The Bertz CT molecular complexity index is 1480. The summed E-state index contributed by atoms with van der Waals surface area (Å²) in [6.45, 7) is 3.40. The number of benzene rings is 3. The van der Waals surface area contributed by atoms with Crippen LogP contribution in [0.4, 0.5) is 13.2 Å². The van der Waals surface area contributed by atoms with Crippen LogP contribution in [0.3, 0.4) is 0 Å². The third-order valence-corrected chi connectivity index (χ3v) is 5.07. The first-order valence-electron chi connectivity index (χ1n) is 10.5. The van der Waals surface area contributed by atoms with Crippen molar-refractivity contribution in [1.82, 2.24) is 0 Å². The standard InChI is InChI=1S/C27H19F3O5/c1-16-8-9-17(2)21(14-16)34-25-24(32)20-12-11-19(15-22(20)35-26(25)27(28,29)30)33-23(31)13-10-18-6-4-3-5-7-18/h3-15H,1-2H3. The Morgan fingerprint density at radius 3 is 2.43 bits per heavy atom. The molecule has 0 spiro atoms. The highest BCUT2D eigenvalue weighted by Gasteiger charge is 2.40. The highest BCUT2D eigenvalue weighted by Crippen LogP contribution is 2.39. The highest BCUT2D eigenvalue weighted by atomic mass is 19.4. The molecule has 3 aromatic carbocycles. The van der Waals surface area contributed by atoms with Crippen LogP contribution in [-0.4, -0.2) is 5.97 Å². The van der Waals surface area contributed by atoms with Gasteiger partial charge in [-0.05, 0) is 54.8 Å². The number of halogens is 3. The van der Waals surface area contributed by atoms with E-state index in [0.29, 0.717) is 5.56 Å². The minimum absolute atomic E-state index is 0.0836. The van der Waals surface area contributed by atoms with Crippen LogP contribution in [0, 0.1) is 13.8 Å². The summed E-state index contributed by atoms with van der Waals surface area (Å²) in [7, 11) is 0. The van der Waals surface area contributed by atoms with E-state index >= 15 is 0 Å². The van der Waals surface area contributed by atoms with E-state index < -0.39 is 34.7 Å². The molecule has 178 valence electrons. The van der Waals surface area contributed by atoms with E-state index in [4.69, 9.17) is 13.9 Å². The van der Waals surface area contributed by atoms with Gasteiger partial charge < -0.3 is 13.9 Å². The molecule has 0 aliphatic carbocycles. The van der Waals surface area contributed by atoms with Crippen molar-refractivity contribution >= 4 is 23.0 Å². The van der Waals surface area contributed by atoms with Crippen molar-refractivity contribution in [3.63, 3.8) is 0 Å². The van der Waals surface area contributed by atoms with Crippen molar-refractivity contribution in [3.05, 3.63) is 105 Å². The molecule has 0 radical (unpaired) electrons. The lowest BCUT2D eigenvalue weighted by Crippen LogP contribution is -2.16. The largest absolute Gasteiger partial charge is 0.453 e. The first-order chi connectivity index (χ1) is 16.6. The molecule has 5 nitrogen and oxygen atoms in total. The predicted molar refractivity (Wildman–Crippen MR) is 125 cm³/mol. The van der Waals surface area contributed by atoms with Crippen molar-refractivity contribution in [2.24, 2.45) is 0 Å². The fourth-order valence-electron chi connectivity index (χ4n) is 3.31. The van der Waals surface area contributed by atoms with E-state index in [1.807, 2.05) is 6.07 Å². The van der Waals surface area contributed by atoms with Gasteiger partial charge in [-0.2, -0.15) is 13.2 Å². The zero-order valence-electron chi connectivity index (χ0n) is 18.7. The molecule has 4 aromatic rings. The van der Waals surface area contributed by atoms with Crippen molar-refractivity contribution < 1.29 is 31.9 Å². The summed E-state index contributed by atoms with van der Waals surface area (Å²) >= 11 is 0. The summed E-state index contributed by atoms with van der Waals surface area (Å²) < 4.78 is 57.1. The van der Waals surface area contributed by atoms with Gasteiger partial charge in [0, 0.05) is 12.1 Å². The van der Waals surface area contributed by atoms with E-state index in [9.17, 15) is 22.8 Å². The molecular weight excluding hydrogens is 461 g/mol.